The molecule has 1 aliphatic carbocycles. The lowest BCUT2D eigenvalue weighted by Gasteiger charge is -2.24. The van der Waals surface area contributed by atoms with E-state index in [9.17, 15) is 0 Å². The molecule has 0 amide bonds. The molecule has 1 unspecified atom stereocenters. The fourth-order valence-corrected chi connectivity index (χ4v) is 4.68. The second kappa shape index (κ2) is 10.8. The van der Waals surface area contributed by atoms with Crippen molar-refractivity contribution in [3.63, 3.8) is 0 Å². The Hall–Kier alpha value is -2.87. The first-order valence-electron chi connectivity index (χ1n) is 12.5. The molecule has 172 valence electrons. The van der Waals surface area contributed by atoms with Gasteiger partial charge >= 0.3 is 0 Å². The van der Waals surface area contributed by atoms with Crippen LogP contribution in [0.1, 0.15) is 67.9 Å². The van der Waals surface area contributed by atoms with Crippen molar-refractivity contribution in [3.8, 4) is 0 Å². The van der Waals surface area contributed by atoms with Crippen LogP contribution >= 0.6 is 0 Å². The Kier molecular flexibility index (Phi) is 7.65. The van der Waals surface area contributed by atoms with Crippen molar-refractivity contribution in [2.24, 2.45) is 5.92 Å². The monoisotopic (exact) mass is 441 g/mol. The Balaban J connectivity index is 1.37. The highest BCUT2D eigenvalue weighted by Gasteiger charge is 2.18. The van der Waals surface area contributed by atoms with Gasteiger partial charge in [0.05, 0.1) is 0 Å². The first-order chi connectivity index (χ1) is 16.0. The maximum Gasteiger partial charge on any atom is 0.130 e. The Bertz CT molecular complexity index is 1090. The predicted molar refractivity (Wildman–Crippen MR) is 140 cm³/mol. The molecule has 0 heterocycles. The Morgan fingerprint density at radius 1 is 0.909 bits per heavy atom. The van der Waals surface area contributed by atoms with Crippen LogP contribution in [-0.2, 0) is 19.3 Å². The molecule has 0 saturated heterocycles. The summed E-state index contributed by atoms with van der Waals surface area (Å²) in [6.07, 6.45) is 8.38. The molecule has 33 heavy (non-hydrogen) atoms. The van der Waals surface area contributed by atoms with Crippen LogP contribution in [0.15, 0.2) is 66.7 Å². The average molecular weight is 442 g/mol. The van der Waals surface area contributed by atoms with Crippen molar-refractivity contribution in [3.05, 3.63) is 100 Å². The van der Waals surface area contributed by atoms with E-state index in [1.165, 1.54) is 35.2 Å². The molecule has 0 bridgehead atoms. The number of aryl methyl sites for hydroxylation is 2. The van der Waals surface area contributed by atoms with E-state index in [2.05, 4.69) is 80.7 Å². The molecule has 0 radical (unpaired) electrons. The van der Waals surface area contributed by atoms with Gasteiger partial charge in [0.1, 0.15) is 5.82 Å². The summed E-state index contributed by atoms with van der Waals surface area (Å²) in [4.78, 5) is 0. The summed E-state index contributed by atoms with van der Waals surface area (Å²) in [5.74, 6) is 0.388. The number of rotatable bonds is 10. The van der Waals surface area contributed by atoms with Gasteiger partial charge in [-0.15, -0.1) is 0 Å². The van der Waals surface area contributed by atoms with E-state index < -0.39 is 0 Å². The molecule has 0 aliphatic heterocycles. The van der Waals surface area contributed by atoms with Gasteiger partial charge in [0.2, 0.25) is 0 Å². The van der Waals surface area contributed by atoms with Gasteiger partial charge in [-0.25, -0.2) is 4.39 Å². The average Bonchev–Trinajstić information content (AvgIpc) is 3.25. The summed E-state index contributed by atoms with van der Waals surface area (Å²) in [7, 11) is 0. The zero-order valence-electron chi connectivity index (χ0n) is 20.2. The maximum atomic E-state index is 15.0. The number of benzene rings is 3. The third-order valence-electron chi connectivity index (χ3n) is 6.82. The highest BCUT2D eigenvalue weighted by atomic mass is 19.1. The molecule has 3 aromatic carbocycles. The van der Waals surface area contributed by atoms with Crippen molar-refractivity contribution in [2.45, 2.75) is 65.3 Å². The summed E-state index contributed by atoms with van der Waals surface area (Å²) < 4.78 is 15.0. The molecule has 3 aromatic rings. The summed E-state index contributed by atoms with van der Waals surface area (Å²) in [5, 5.41) is 3.71. The highest BCUT2D eigenvalue weighted by Crippen LogP contribution is 2.33. The van der Waals surface area contributed by atoms with Gasteiger partial charge < -0.3 is 5.32 Å². The molecule has 0 fully saturated rings. The predicted octanol–water partition coefficient (Wildman–Crippen LogP) is 8.33. The number of nitrogens with one attached hydrogen (secondary N) is 1. The first kappa shape index (κ1) is 23.3. The van der Waals surface area contributed by atoms with E-state index in [-0.39, 0.29) is 5.82 Å². The SMILES string of the molecule is CCCCc1ccc(NC(CCc2ccc(C3=Cc4ccccc4C3)c(F)c2)C(C)C)cc1. The molecule has 1 nitrogen and oxygen atoms in total. The largest absolute Gasteiger partial charge is 0.382 e. The van der Waals surface area contributed by atoms with E-state index in [0.717, 1.165) is 42.4 Å². The fraction of sp³-hybridized carbons (Fsp3) is 0.355. The quantitative estimate of drug-likeness (QED) is 0.333. The van der Waals surface area contributed by atoms with Crippen molar-refractivity contribution >= 4 is 17.3 Å². The van der Waals surface area contributed by atoms with Gasteiger partial charge in [0.25, 0.3) is 0 Å². The van der Waals surface area contributed by atoms with Crippen LogP contribution in [0.3, 0.4) is 0 Å². The second-order valence-electron chi connectivity index (χ2n) is 9.69. The molecule has 0 saturated carbocycles. The fourth-order valence-electron chi connectivity index (χ4n) is 4.68. The van der Waals surface area contributed by atoms with Gasteiger partial charge in [0.15, 0.2) is 0 Å². The third-order valence-corrected chi connectivity index (χ3v) is 6.82. The lowest BCUT2D eigenvalue weighted by Crippen LogP contribution is -2.26. The minimum Gasteiger partial charge on any atom is -0.382 e. The van der Waals surface area contributed by atoms with Crippen LogP contribution < -0.4 is 5.32 Å². The number of halogens is 1. The van der Waals surface area contributed by atoms with Gasteiger partial charge in [-0.05, 0) is 84.0 Å². The van der Waals surface area contributed by atoms with E-state index in [4.69, 9.17) is 0 Å². The van der Waals surface area contributed by atoms with E-state index in [1.807, 2.05) is 12.1 Å². The minimum absolute atomic E-state index is 0.108. The summed E-state index contributed by atoms with van der Waals surface area (Å²) in [6.45, 7) is 6.73. The molecule has 2 heteroatoms. The number of fused-ring (bicyclic) bond motifs is 1. The minimum atomic E-state index is -0.108. The van der Waals surface area contributed by atoms with Gasteiger partial charge in [0, 0.05) is 17.3 Å². The van der Waals surface area contributed by atoms with E-state index in [0.29, 0.717) is 12.0 Å². The number of unbranched alkanes of at least 4 members (excludes halogenated alkanes) is 1. The highest BCUT2D eigenvalue weighted by molar-refractivity contribution is 5.88. The molecule has 1 atom stereocenters. The van der Waals surface area contributed by atoms with Crippen LogP contribution in [0.25, 0.3) is 11.6 Å². The summed E-state index contributed by atoms with van der Waals surface area (Å²) in [6, 6.07) is 23.3. The third kappa shape index (κ3) is 5.93. The topological polar surface area (TPSA) is 12.0 Å². The second-order valence-corrected chi connectivity index (χ2v) is 9.69. The molecular weight excluding hydrogens is 405 g/mol. The van der Waals surface area contributed by atoms with Crippen LogP contribution in [0.4, 0.5) is 10.1 Å². The van der Waals surface area contributed by atoms with Crippen LogP contribution in [0.5, 0.6) is 0 Å². The Morgan fingerprint density at radius 2 is 1.67 bits per heavy atom. The zero-order valence-corrected chi connectivity index (χ0v) is 20.2. The first-order valence-corrected chi connectivity index (χ1v) is 12.5. The standard InChI is InChI=1S/C31H36FN/c1-4-5-8-23-11-15-28(16-12-23)33-31(22(2)3)18-14-24-13-17-29(30(32)19-24)27-20-25-9-6-7-10-26(25)21-27/h6-7,9-13,15-17,19-20,22,31,33H,4-5,8,14,18,21H2,1-3H3. The number of allylic oxidation sites excluding steroid dienone is 1. The van der Waals surface area contributed by atoms with Gasteiger partial charge in [-0.1, -0.05) is 81.8 Å². The Labute approximate surface area is 198 Å². The summed E-state index contributed by atoms with van der Waals surface area (Å²) >= 11 is 0. The van der Waals surface area contributed by atoms with Crippen molar-refractivity contribution in [2.75, 3.05) is 5.32 Å². The molecular formula is C31H36FN. The van der Waals surface area contributed by atoms with E-state index in [1.54, 1.807) is 6.07 Å². The molecule has 1 aliphatic rings. The molecule has 0 spiro atoms. The van der Waals surface area contributed by atoms with Gasteiger partial charge in [-0.3, -0.25) is 0 Å². The lowest BCUT2D eigenvalue weighted by atomic mass is 9.94. The van der Waals surface area contributed by atoms with Crippen LogP contribution in [-0.4, -0.2) is 6.04 Å². The number of hydrogen-bond donors (Lipinski definition) is 1. The molecule has 1 N–H and O–H groups in total. The van der Waals surface area contributed by atoms with Crippen LogP contribution in [0.2, 0.25) is 0 Å². The zero-order chi connectivity index (χ0) is 23.2. The summed E-state index contributed by atoms with van der Waals surface area (Å²) in [5.41, 5.74) is 7.93. The number of hydrogen-bond acceptors (Lipinski definition) is 1. The smallest absolute Gasteiger partial charge is 0.130 e. The Morgan fingerprint density at radius 3 is 2.36 bits per heavy atom. The molecule has 4 rings (SSSR count). The van der Waals surface area contributed by atoms with Crippen molar-refractivity contribution < 1.29 is 4.39 Å². The molecule has 0 aromatic heterocycles. The van der Waals surface area contributed by atoms with Crippen molar-refractivity contribution in [1.82, 2.24) is 0 Å². The number of anilines is 1. The maximum absolute atomic E-state index is 15.0. The lowest BCUT2D eigenvalue weighted by molar-refractivity contribution is 0.493. The van der Waals surface area contributed by atoms with E-state index >= 15 is 4.39 Å². The van der Waals surface area contributed by atoms with Gasteiger partial charge in [-0.2, -0.15) is 0 Å². The normalized spacial score (nSPS) is 13.7. The van der Waals surface area contributed by atoms with Crippen molar-refractivity contribution in [1.29, 1.82) is 0 Å². The van der Waals surface area contributed by atoms with Crippen LogP contribution in [0, 0.1) is 11.7 Å².